The molecule has 0 saturated carbocycles. The molecule has 0 unspecified atom stereocenters. The highest BCUT2D eigenvalue weighted by molar-refractivity contribution is 5.71. The fourth-order valence-corrected chi connectivity index (χ4v) is 2.94. The van der Waals surface area contributed by atoms with Gasteiger partial charge in [0.05, 0.1) is 16.5 Å². The van der Waals surface area contributed by atoms with Gasteiger partial charge in [0, 0.05) is 26.2 Å². The molecular formula is C15H18N6O5. The molecule has 2 aromatic rings. The maximum absolute atomic E-state index is 11.6. The van der Waals surface area contributed by atoms with Gasteiger partial charge in [-0.25, -0.2) is 9.67 Å². The number of nitro groups is 1. The third-order valence-corrected chi connectivity index (χ3v) is 4.26. The molecule has 1 saturated heterocycles. The van der Waals surface area contributed by atoms with E-state index >= 15 is 0 Å². The second-order valence-corrected chi connectivity index (χ2v) is 6.06. The van der Waals surface area contributed by atoms with E-state index in [0.29, 0.717) is 37.5 Å². The standard InChI is InChI=1S/C15H18N6O5/c1-9-7-11(19(2)18-9)26-14-12(21(24)25)13(16-8-17-14)20-5-3-10(4-6-20)15(22)23/h7-8,10H,3-6H2,1-2H3,(H,22,23). The van der Waals surface area contributed by atoms with Gasteiger partial charge in [-0.15, -0.1) is 0 Å². The molecule has 1 aliphatic heterocycles. The van der Waals surface area contributed by atoms with Gasteiger partial charge in [0.25, 0.3) is 0 Å². The van der Waals surface area contributed by atoms with Crippen LogP contribution in [0.25, 0.3) is 0 Å². The maximum Gasteiger partial charge on any atom is 0.373 e. The first-order chi connectivity index (χ1) is 12.4. The molecule has 0 radical (unpaired) electrons. The van der Waals surface area contributed by atoms with Crippen LogP contribution in [0, 0.1) is 23.0 Å². The van der Waals surface area contributed by atoms with Gasteiger partial charge >= 0.3 is 17.5 Å². The number of hydrogen-bond donors (Lipinski definition) is 1. The number of nitrogens with zero attached hydrogens (tertiary/aromatic N) is 6. The number of aromatic nitrogens is 4. The summed E-state index contributed by atoms with van der Waals surface area (Å²) in [7, 11) is 1.66. The van der Waals surface area contributed by atoms with Crippen LogP contribution >= 0.6 is 0 Å². The zero-order valence-electron chi connectivity index (χ0n) is 14.3. The lowest BCUT2D eigenvalue weighted by molar-refractivity contribution is -0.385. The van der Waals surface area contributed by atoms with Gasteiger partial charge in [0.15, 0.2) is 0 Å². The molecule has 1 aliphatic rings. The van der Waals surface area contributed by atoms with Crippen molar-refractivity contribution in [1.82, 2.24) is 19.7 Å². The number of rotatable bonds is 5. The average molecular weight is 362 g/mol. The second kappa shape index (κ2) is 6.94. The molecule has 0 spiro atoms. The van der Waals surface area contributed by atoms with Crippen molar-refractivity contribution < 1.29 is 19.6 Å². The molecule has 26 heavy (non-hydrogen) atoms. The summed E-state index contributed by atoms with van der Waals surface area (Å²) in [4.78, 5) is 31.8. The van der Waals surface area contributed by atoms with Crippen LogP contribution in [0.4, 0.5) is 11.5 Å². The summed E-state index contributed by atoms with van der Waals surface area (Å²) in [6, 6.07) is 1.64. The zero-order chi connectivity index (χ0) is 18.8. The molecule has 0 aromatic carbocycles. The van der Waals surface area contributed by atoms with E-state index in [1.54, 1.807) is 24.9 Å². The number of aliphatic carboxylic acids is 1. The smallest absolute Gasteiger partial charge is 0.373 e. The number of carbonyl (C=O) groups is 1. The topological polar surface area (TPSA) is 137 Å². The number of hydrogen-bond acceptors (Lipinski definition) is 8. The van der Waals surface area contributed by atoms with Crippen molar-refractivity contribution in [2.45, 2.75) is 19.8 Å². The van der Waals surface area contributed by atoms with Crippen LogP contribution in [0.5, 0.6) is 11.8 Å². The number of piperidine rings is 1. The van der Waals surface area contributed by atoms with Crippen LogP contribution in [0.2, 0.25) is 0 Å². The fraction of sp³-hybridized carbons (Fsp3) is 0.467. The maximum atomic E-state index is 11.6. The quantitative estimate of drug-likeness (QED) is 0.620. The van der Waals surface area contributed by atoms with Crippen LogP contribution in [0.3, 0.4) is 0 Å². The zero-order valence-corrected chi connectivity index (χ0v) is 14.3. The van der Waals surface area contributed by atoms with Crippen molar-refractivity contribution in [3.63, 3.8) is 0 Å². The van der Waals surface area contributed by atoms with Crippen molar-refractivity contribution in [2.24, 2.45) is 13.0 Å². The first kappa shape index (κ1) is 17.6. The lowest BCUT2D eigenvalue weighted by Crippen LogP contribution is -2.37. The van der Waals surface area contributed by atoms with E-state index in [1.165, 1.54) is 11.0 Å². The van der Waals surface area contributed by atoms with E-state index in [-0.39, 0.29) is 17.4 Å². The Bertz CT molecular complexity index is 843. The van der Waals surface area contributed by atoms with E-state index in [1.807, 2.05) is 0 Å². The van der Waals surface area contributed by atoms with Crippen LogP contribution in [-0.2, 0) is 11.8 Å². The van der Waals surface area contributed by atoms with Crippen LogP contribution in [0.15, 0.2) is 12.4 Å². The van der Waals surface area contributed by atoms with Crippen LogP contribution in [-0.4, -0.2) is 48.8 Å². The lowest BCUT2D eigenvalue weighted by atomic mass is 9.97. The van der Waals surface area contributed by atoms with Gasteiger partial charge in [-0.3, -0.25) is 14.9 Å². The Morgan fingerprint density at radius 1 is 1.38 bits per heavy atom. The van der Waals surface area contributed by atoms with Crippen molar-refractivity contribution in [3.05, 3.63) is 28.2 Å². The molecule has 138 valence electrons. The molecular weight excluding hydrogens is 344 g/mol. The molecule has 3 heterocycles. The van der Waals surface area contributed by atoms with Crippen molar-refractivity contribution in [1.29, 1.82) is 0 Å². The molecule has 1 fully saturated rings. The summed E-state index contributed by atoms with van der Waals surface area (Å²) < 4.78 is 7.06. The SMILES string of the molecule is Cc1cc(Oc2ncnc(N3CCC(C(=O)O)CC3)c2[N+](=O)[O-])n(C)n1. The summed E-state index contributed by atoms with van der Waals surface area (Å²) in [5.74, 6) is -1.02. The number of carboxylic acid groups (broad SMARTS) is 1. The van der Waals surface area contributed by atoms with Crippen LogP contribution in [0.1, 0.15) is 18.5 Å². The number of ether oxygens (including phenoxy) is 1. The first-order valence-corrected chi connectivity index (χ1v) is 8.02. The Morgan fingerprint density at radius 2 is 2.08 bits per heavy atom. The largest absolute Gasteiger partial charge is 0.481 e. The minimum atomic E-state index is -0.850. The normalized spacial score (nSPS) is 15.1. The van der Waals surface area contributed by atoms with Crippen LogP contribution < -0.4 is 9.64 Å². The van der Waals surface area contributed by atoms with Gasteiger partial charge in [-0.05, 0) is 19.8 Å². The van der Waals surface area contributed by atoms with E-state index in [0.717, 1.165) is 0 Å². The minimum Gasteiger partial charge on any atom is -0.481 e. The van der Waals surface area contributed by atoms with Gasteiger partial charge in [0.1, 0.15) is 6.33 Å². The average Bonchev–Trinajstić information content (AvgIpc) is 2.91. The predicted octanol–water partition coefficient (Wildman–Crippen LogP) is 1.52. The lowest BCUT2D eigenvalue weighted by Gasteiger charge is -2.30. The number of carboxylic acids is 1. The predicted molar refractivity (Wildman–Crippen MR) is 89.3 cm³/mol. The molecule has 0 bridgehead atoms. The molecule has 0 atom stereocenters. The molecule has 0 amide bonds. The van der Waals surface area contributed by atoms with Crippen molar-refractivity contribution >= 4 is 17.5 Å². The summed E-state index contributed by atoms with van der Waals surface area (Å²) >= 11 is 0. The number of aryl methyl sites for hydroxylation is 2. The third kappa shape index (κ3) is 3.41. The summed E-state index contributed by atoms with van der Waals surface area (Å²) in [6.07, 6.45) is 1.99. The van der Waals surface area contributed by atoms with E-state index < -0.39 is 16.8 Å². The van der Waals surface area contributed by atoms with Crippen molar-refractivity contribution in [3.8, 4) is 11.8 Å². The van der Waals surface area contributed by atoms with Gasteiger partial charge < -0.3 is 14.7 Å². The molecule has 3 rings (SSSR count). The van der Waals surface area contributed by atoms with Gasteiger partial charge in [-0.1, -0.05) is 0 Å². The Morgan fingerprint density at radius 3 is 2.62 bits per heavy atom. The highest BCUT2D eigenvalue weighted by Crippen LogP contribution is 2.37. The monoisotopic (exact) mass is 362 g/mol. The Labute approximate surface area is 148 Å². The Balaban J connectivity index is 1.91. The van der Waals surface area contributed by atoms with Crippen molar-refractivity contribution in [2.75, 3.05) is 18.0 Å². The Hall–Kier alpha value is -3.24. The third-order valence-electron chi connectivity index (χ3n) is 4.26. The first-order valence-electron chi connectivity index (χ1n) is 8.02. The molecule has 11 heteroatoms. The molecule has 11 nitrogen and oxygen atoms in total. The highest BCUT2D eigenvalue weighted by atomic mass is 16.6. The van der Waals surface area contributed by atoms with E-state index in [2.05, 4.69) is 15.1 Å². The minimum absolute atomic E-state index is 0.128. The molecule has 2 aromatic heterocycles. The summed E-state index contributed by atoms with van der Waals surface area (Å²) in [5, 5.41) is 24.9. The van der Waals surface area contributed by atoms with E-state index in [9.17, 15) is 14.9 Å². The highest BCUT2D eigenvalue weighted by Gasteiger charge is 2.32. The second-order valence-electron chi connectivity index (χ2n) is 6.06. The summed E-state index contributed by atoms with van der Waals surface area (Å²) in [5.41, 5.74) is 0.357. The van der Waals surface area contributed by atoms with Gasteiger partial charge in [-0.2, -0.15) is 10.1 Å². The number of anilines is 1. The molecule has 1 N–H and O–H groups in total. The summed E-state index contributed by atoms with van der Waals surface area (Å²) in [6.45, 7) is 2.50. The molecule has 0 aliphatic carbocycles. The van der Waals surface area contributed by atoms with Gasteiger partial charge in [0.2, 0.25) is 11.7 Å². The Kier molecular flexibility index (Phi) is 4.69. The fourth-order valence-electron chi connectivity index (χ4n) is 2.94. The van der Waals surface area contributed by atoms with E-state index in [4.69, 9.17) is 9.84 Å².